The molecule has 33 heavy (non-hydrogen) atoms. The van der Waals surface area contributed by atoms with Gasteiger partial charge >= 0.3 is 6.03 Å². The Morgan fingerprint density at radius 3 is 2.91 bits per heavy atom. The summed E-state index contributed by atoms with van der Waals surface area (Å²) in [5.74, 6) is 0.0727. The molecule has 4 heterocycles. The van der Waals surface area contributed by atoms with Gasteiger partial charge in [0.25, 0.3) is 11.8 Å². The standard InChI is InChI=1S/C21H23N7O4S/c1-10(29)8-22-20(31)16-5-4-15(33-16)13-7-17(24-12-2-3-12)28-18(25-13)11(9-23-28)6-14-19(30)27-21(32)26-14/h5-7,9-10,12,15,24,29H,2-4,8H2,1H3,(H,22,31)(H2,26,27,30,32)/b14-6-. The van der Waals surface area contributed by atoms with E-state index in [2.05, 4.69) is 26.4 Å². The number of carbonyl (C=O) groups is 3. The first-order valence-electron chi connectivity index (χ1n) is 10.7. The van der Waals surface area contributed by atoms with Gasteiger partial charge in [-0.05, 0) is 32.3 Å². The second-order valence-corrected chi connectivity index (χ2v) is 9.50. The number of nitrogens with one attached hydrogen (secondary N) is 4. The summed E-state index contributed by atoms with van der Waals surface area (Å²) in [7, 11) is 0. The molecule has 0 aromatic carbocycles. The highest BCUT2D eigenvalue weighted by atomic mass is 32.2. The number of fused-ring (bicyclic) bond motifs is 1. The molecule has 2 atom stereocenters. The summed E-state index contributed by atoms with van der Waals surface area (Å²) in [6, 6.07) is 1.76. The van der Waals surface area contributed by atoms with Crippen molar-refractivity contribution in [2.24, 2.45) is 0 Å². The lowest BCUT2D eigenvalue weighted by molar-refractivity contribution is -0.117. The highest BCUT2D eigenvalue weighted by Gasteiger charge is 2.29. The van der Waals surface area contributed by atoms with E-state index in [-0.39, 0.29) is 23.4 Å². The minimum Gasteiger partial charge on any atom is -0.392 e. The molecule has 0 spiro atoms. The molecule has 5 N–H and O–H groups in total. The van der Waals surface area contributed by atoms with Gasteiger partial charge in [0.2, 0.25) is 0 Å². The SMILES string of the molecule is CC(O)CNC(=O)C1=CCC(c2cc(NC3CC3)n3ncc(/C=C4\NC(=O)NC4=O)c3n2)S1. The average molecular weight is 470 g/mol. The Hall–Kier alpha value is -3.38. The molecule has 2 aliphatic heterocycles. The molecule has 1 saturated heterocycles. The lowest BCUT2D eigenvalue weighted by Gasteiger charge is -2.14. The van der Waals surface area contributed by atoms with E-state index in [0.717, 1.165) is 24.4 Å². The molecular formula is C21H23N7O4S. The fourth-order valence-electron chi connectivity index (χ4n) is 3.56. The summed E-state index contributed by atoms with van der Waals surface area (Å²) >= 11 is 1.43. The van der Waals surface area contributed by atoms with Gasteiger partial charge in [-0.25, -0.2) is 9.78 Å². The van der Waals surface area contributed by atoms with Gasteiger partial charge in [-0.15, -0.1) is 11.8 Å². The molecule has 5 rings (SSSR count). The second-order valence-electron chi connectivity index (χ2n) is 8.26. The van der Waals surface area contributed by atoms with Crippen LogP contribution in [0.4, 0.5) is 10.6 Å². The first kappa shape index (κ1) is 21.5. The molecule has 0 radical (unpaired) electrons. The van der Waals surface area contributed by atoms with Gasteiger partial charge < -0.3 is 21.1 Å². The van der Waals surface area contributed by atoms with E-state index in [0.29, 0.717) is 28.6 Å². The summed E-state index contributed by atoms with van der Waals surface area (Å²) in [6.45, 7) is 1.81. The number of aliphatic hydroxyl groups is 1. The maximum absolute atomic E-state index is 12.4. The van der Waals surface area contributed by atoms with E-state index in [1.165, 1.54) is 11.8 Å². The molecule has 2 fully saturated rings. The molecular weight excluding hydrogens is 446 g/mol. The largest absolute Gasteiger partial charge is 0.392 e. The Morgan fingerprint density at radius 1 is 1.39 bits per heavy atom. The number of thioether (sulfide) groups is 1. The summed E-state index contributed by atoms with van der Waals surface area (Å²) in [6.07, 6.45) is 7.21. The van der Waals surface area contributed by atoms with Crippen molar-refractivity contribution >= 4 is 47.1 Å². The van der Waals surface area contributed by atoms with Crippen LogP contribution < -0.4 is 21.3 Å². The zero-order valence-corrected chi connectivity index (χ0v) is 18.6. The molecule has 11 nitrogen and oxygen atoms in total. The topological polar surface area (TPSA) is 150 Å². The Morgan fingerprint density at radius 2 is 2.21 bits per heavy atom. The molecule has 2 unspecified atom stereocenters. The van der Waals surface area contributed by atoms with Crippen LogP contribution >= 0.6 is 11.8 Å². The van der Waals surface area contributed by atoms with Crippen LogP contribution in [-0.4, -0.2) is 56.2 Å². The van der Waals surface area contributed by atoms with Gasteiger partial charge in [0.15, 0.2) is 5.65 Å². The van der Waals surface area contributed by atoms with Crippen LogP contribution in [0.3, 0.4) is 0 Å². The number of nitrogens with zero attached hydrogens (tertiary/aromatic N) is 3. The lowest BCUT2D eigenvalue weighted by Crippen LogP contribution is -2.30. The minimum atomic E-state index is -0.613. The Labute approximate surface area is 193 Å². The van der Waals surface area contributed by atoms with Crippen LogP contribution in [0.5, 0.6) is 0 Å². The first-order chi connectivity index (χ1) is 15.9. The van der Waals surface area contributed by atoms with Gasteiger partial charge in [0.05, 0.1) is 28.1 Å². The maximum Gasteiger partial charge on any atom is 0.326 e. The molecule has 1 aliphatic carbocycles. The van der Waals surface area contributed by atoms with Gasteiger partial charge in [-0.1, -0.05) is 6.08 Å². The molecule has 2 aromatic rings. The maximum atomic E-state index is 12.4. The number of allylic oxidation sites excluding steroid dienone is 1. The number of hydrogen-bond donors (Lipinski definition) is 5. The van der Waals surface area contributed by atoms with Crippen LogP contribution in [0.25, 0.3) is 11.7 Å². The minimum absolute atomic E-state index is 0.0630. The summed E-state index contributed by atoms with van der Waals surface area (Å²) in [5.41, 5.74) is 2.05. The van der Waals surface area contributed by atoms with Crippen molar-refractivity contribution in [2.75, 3.05) is 11.9 Å². The van der Waals surface area contributed by atoms with Crippen LogP contribution in [-0.2, 0) is 9.59 Å². The zero-order chi connectivity index (χ0) is 23.1. The highest BCUT2D eigenvalue weighted by molar-refractivity contribution is 8.04. The molecule has 172 valence electrons. The predicted octanol–water partition coefficient (Wildman–Crippen LogP) is 1.04. The van der Waals surface area contributed by atoms with Crippen LogP contribution in [0, 0.1) is 0 Å². The fraction of sp³-hybridized carbons (Fsp3) is 0.381. The molecule has 1 saturated carbocycles. The summed E-state index contributed by atoms with van der Waals surface area (Å²) in [5, 5.41) is 24.6. The van der Waals surface area contributed by atoms with Crippen molar-refractivity contribution in [1.82, 2.24) is 30.5 Å². The zero-order valence-electron chi connectivity index (χ0n) is 17.8. The van der Waals surface area contributed by atoms with E-state index >= 15 is 0 Å². The second kappa shape index (κ2) is 8.52. The van der Waals surface area contributed by atoms with Crippen molar-refractivity contribution in [1.29, 1.82) is 0 Å². The third-order valence-electron chi connectivity index (χ3n) is 5.37. The normalized spacial score (nSPS) is 22.3. The van der Waals surface area contributed by atoms with E-state index < -0.39 is 18.0 Å². The number of carbonyl (C=O) groups excluding carboxylic acids is 3. The van der Waals surface area contributed by atoms with Crippen molar-refractivity contribution in [3.05, 3.63) is 40.2 Å². The monoisotopic (exact) mass is 469 g/mol. The third kappa shape index (κ3) is 4.57. The quantitative estimate of drug-likeness (QED) is 0.298. The number of aromatic nitrogens is 3. The van der Waals surface area contributed by atoms with E-state index in [1.807, 2.05) is 12.1 Å². The van der Waals surface area contributed by atoms with E-state index in [9.17, 15) is 19.5 Å². The lowest BCUT2D eigenvalue weighted by atomic mass is 10.2. The highest BCUT2D eigenvalue weighted by Crippen LogP contribution is 2.44. The number of anilines is 1. The summed E-state index contributed by atoms with van der Waals surface area (Å²) in [4.78, 5) is 41.2. The van der Waals surface area contributed by atoms with Gasteiger partial charge in [-0.3, -0.25) is 14.9 Å². The van der Waals surface area contributed by atoms with Crippen LogP contribution in [0.1, 0.15) is 42.7 Å². The third-order valence-corrected chi connectivity index (χ3v) is 6.69. The smallest absolute Gasteiger partial charge is 0.326 e. The van der Waals surface area contributed by atoms with E-state index in [1.54, 1.807) is 23.7 Å². The number of aliphatic hydroxyl groups excluding tert-OH is 1. The number of amides is 4. The number of urea groups is 1. The number of rotatable bonds is 7. The average Bonchev–Trinajstić information content (AvgIpc) is 3.16. The summed E-state index contributed by atoms with van der Waals surface area (Å²) < 4.78 is 1.69. The molecule has 2 aromatic heterocycles. The fourth-order valence-corrected chi connectivity index (χ4v) is 4.67. The molecule has 4 amide bonds. The Bertz CT molecular complexity index is 1210. The van der Waals surface area contributed by atoms with Crippen LogP contribution in [0.2, 0.25) is 0 Å². The number of hydrogen-bond acceptors (Lipinski definition) is 8. The Kier molecular flexibility index (Phi) is 5.54. The van der Waals surface area contributed by atoms with Crippen molar-refractivity contribution in [3.63, 3.8) is 0 Å². The number of imide groups is 1. The van der Waals surface area contributed by atoms with Crippen molar-refractivity contribution in [2.45, 2.75) is 43.6 Å². The molecule has 0 bridgehead atoms. The van der Waals surface area contributed by atoms with Gasteiger partial charge in [-0.2, -0.15) is 9.61 Å². The predicted molar refractivity (Wildman–Crippen MR) is 122 cm³/mol. The van der Waals surface area contributed by atoms with Gasteiger partial charge in [0, 0.05) is 24.2 Å². The first-order valence-corrected chi connectivity index (χ1v) is 11.6. The van der Waals surface area contributed by atoms with Crippen molar-refractivity contribution < 1.29 is 19.5 Å². The van der Waals surface area contributed by atoms with E-state index in [4.69, 9.17) is 4.98 Å². The molecule has 12 heteroatoms. The van der Waals surface area contributed by atoms with Crippen LogP contribution in [0.15, 0.2) is 28.9 Å². The van der Waals surface area contributed by atoms with Gasteiger partial charge in [0.1, 0.15) is 11.5 Å². The Balaban J connectivity index is 1.44. The van der Waals surface area contributed by atoms with Crippen molar-refractivity contribution in [3.8, 4) is 0 Å². The molecule has 3 aliphatic rings.